The number of ketones is 1. The molecule has 0 unspecified atom stereocenters. The van der Waals surface area contributed by atoms with Gasteiger partial charge in [-0.05, 0) is 30.2 Å². The Labute approximate surface area is 146 Å². The minimum atomic E-state index is -0.196. The molecule has 6 nitrogen and oxygen atoms in total. The van der Waals surface area contributed by atoms with Gasteiger partial charge in [-0.3, -0.25) is 4.79 Å². The van der Waals surface area contributed by atoms with Crippen molar-refractivity contribution in [1.82, 2.24) is 15.3 Å². The second-order valence-electron chi connectivity index (χ2n) is 6.40. The second kappa shape index (κ2) is 6.97. The largest absolute Gasteiger partial charge is 0.383 e. The third kappa shape index (κ3) is 3.38. The summed E-state index contributed by atoms with van der Waals surface area (Å²) >= 11 is 0. The van der Waals surface area contributed by atoms with Crippen LogP contribution >= 0.6 is 0 Å². The van der Waals surface area contributed by atoms with Crippen molar-refractivity contribution >= 4 is 17.4 Å². The van der Waals surface area contributed by atoms with E-state index < -0.39 is 0 Å². The van der Waals surface area contributed by atoms with E-state index in [9.17, 15) is 4.79 Å². The van der Waals surface area contributed by atoms with Gasteiger partial charge in [-0.25, -0.2) is 9.97 Å². The Morgan fingerprint density at radius 1 is 1.38 bits per heavy atom. The third-order valence-corrected chi connectivity index (χ3v) is 4.38. The van der Waals surface area contributed by atoms with Crippen molar-refractivity contribution in [2.75, 3.05) is 30.3 Å². The topological polar surface area (TPSA) is 84.1 Å². The molecule has 2 aromatic heterocycles. The number of nitrogens with two attached hydrogens (primary N) is 1. The van der Waals surface area contributed by atoms with E-state index >= 15 is 0 Å². The summed E-state index contributed by atoms with van der Waals surface area (Å²) in [5.74, 6) is 1.41. The molecule has 1 aliphatic heterocycles. The van der Waals surface area contributed by atoms with Crippen LogP contribution in [0.3, 0.4) is 0 Å². The van der Waals surface area contributed by atoms with E-state index in [-0.39, 0.29) is 15.9 Å². The van der Waals surface area contributed by atoms with E-state index in [0.29, 0.717) is 23.2 Å². The number of hydrogen-bond donors (Lipinski definition) is 2. The van der Waals surface area contributed by atoms with E-state index in [2.05, 4.69) is 34.0 Å². The molecule has 0 spiro atoms. The predicted octanol–water partition coefficient (Wildman–Crippen LogP) is 2.46. The highest BCUT2D eigenvalue weighted by Gasteiger charge is 2.23. The van der Waals surface area contributed by atoms with E-state index in [0.717, 1.165) is 25.5 Å². The molecule has 0 radical (unpaired) electrons. The first-order valence-electron chi connectivity index (χ1n) is 8.27. The summed E-state index contributed by atoms with van der Waals surface area (Å²) in [7, 11) is 0. The first-order chi connectivity index (χ1) is 11.6. The molecule has 0 amide bonds. The molecule has 2 aromatic rings. The quantitative estimate of drug-likeness (QED) is 0.837. The highest BCUT2D eigenvalue weighted by molar-refractivity contribution is 6.10. The summed E-state index contributed by atoms with van der Waals surface area (Å²) in [6, 6.07) is 9.35. The average molecular weight is 331 g/mol. The van der Waals surface area contributed by atoms with Gasteiger partial charge in [-0.15, -0.1) is 0 Å². The number of carbonyl (C=O) groups excluding carboxylic acids is 1. The van der Waals surface area contributed by atoms with Gasteiger partial charge in [0.15, 0.2) is 0 Å². The fraction of sp³-hybridized carbons (Fsp3) is 0.389. The summed E-state index contributed by atoms with van der Waals surface area (Å²) in [6.07, 6.45) is 1.57. The van der Waals surface area contributed by atoms with Crippen LogP contribution in [0.5, 0.6) is 0 Å². The fourth-order valence-corrected chi connectivity index (χ4v) is 2.91. The smallest absolute Gasteiger partial charge is 0.215 e. The van der Waals surface area contributed by atoms with Gasteiger partial charge in [-0.1, -0.05) is 19.9 Å². The van der Waals surface area contributed by atoms with Crippen LogP contribution in [0, 0.1) is 5.92 Å². The van der Waals surface area contributed by atoms with Crippen LogP contribution in [0.15, 0.2) is 36.5 Å². The molecule has 1 atom stereocenters. The Hall–Kier alpha value is -2.47. The Morgan fingerprint density at radius 3 is 2.96 bits per heavy atom. The van der Waals surface area contributed by atoms with E-state index in [1.54, 1.807) is 24.4 Å². The Kier molecular flexibility index (Phi) is 4.76. The van der Waals surface area contributed by atoms with Crippen LogP contribution in [0.4, 0.5) is 11.6 Å². The van der Waals surface area contributed by atoms with Gasteiger partial charge >= 0.3 is 0 Å². The van der Waals surface area contributed by atoms with Crippen molar-refractivity contribution in [2.45, 2.75) is 19.9 Å². The molecule has 132 valence electrons. The molecular formula is C18H29N5O. The standard InChI is InChI=1S/C18H23N5O.3H2/c1-12(2)15-11-23(10-9-20-15)16-7-3-6-14(22-16)17(24)13-5-4-8-21-18(13)19;;;/h3-8,12,15,20H,9-11H2,1-2H3,(H2,19,21);3*1H/t15-;;;/m1.../s1. The number of hydrogen-bond acceptors (Lipinski definition) is 6. The number of pyridine rings is 2. The second-order valence-corrected chi connectivity index (χ2v) is 6.40. The van der Waals surface area contributed by atoms with Gasteiger partial charge in [0, 0.05) is 36.2 Å². The Morgan fingerprint density at radius 2 is 2.21 bits per heavy atom. The van der Waals surface area contributed by atoms with Crippen LogP contribution in [-0.2, 0) is 0 Å². The Bertz CT molecular complexity index is 744. The first kappa shape index (κ1) is 16.4. The van der Waals surface area contributed by atoms with Crippen molar-refractivity contribution in [3.63, 3.8) is 0 Å². The zero-order valence-corrected chi connectivity index (χ0v) is 14.1. The number of nitrogens with zero attached hydrogens (tertiary/aromatic N) is 3. The lowest BCUT2D eigenvalue weighted by atomic mass is 10.0. The molecule has 1 aliphatic rings. The van der Waals surface area contributed by atoms with Gasteiger partial charge < -0.3 is 16.0 Å². The van der Waals surface area contributed by atoms with Crippen LogP contribution in [0.25, 0.3) is 0 Å². The van der Waals surface area contributed by atoms with Crippen LogP contribution in [0.1, 0.15) is 34.2 Å². The van der Waals surface area contributed by atoms with E-state index in [1.165, 1.54) is 0 Å². The van der Waals surface area contributed by atoms with Crippen molar-refractivity contribution in [1.29, 1.82) is 0 Å². The van der Waals surface area contributed by atoms with E-state index in [4.69, 9.17) is 5.73 Å². The minimum absolute atomic E-state index is 0. The lowest BCUT2D eigenvalue weighted by molar-refractivity contribution is 0.103. The molecular weight excluding hydrogens is 302 g/mol. The highest BCUT2D eigenvalue weighted by atomic mass is 16.1. The minimum Gasteiger partial charge on any atom is -0.383 e. The van der Waals surface area contributed by atoms with Crippen LogP contribution < -0.4 is 16.0 Å². The van der Waals surface area contributed by atoms with Crippen LogP contribution in [-0.4, -0.2) is 41.4 Å². The van der Waals surface area contributed by atoms with E-state index in [1.807, 2.05) is 12.1 Å². The lowest BCUT2D eigenvalue weighted by Crippen LogP contribution is -2.53. The molecule has 1 fully saturated rings. The summed E-state index contributed by atoms with van der Waals surface area (Å²) in [5, 5.41) is 3.53. The van der Waals surface area contributed by atoms with Gasteiger partial charge in [-0.2, -0.15) is 0 Å². The average Bonchev–Trinajstić information content (AvgIpc) is 2.62. The zero-order valence-electron chi connectivity index (χ0n) is 14.1. The molecule has 1 saturated heterocycles. The number of rotatable bonds is 4. The molecule has 3 rings (SSSR count). The van der Waals surface area contributed by atoms with Crippen molar-refractivity contribution in [3.8, 4) is 0 Å². The SMILES string of the molecule is CC(C)[C@H]1CN(c2cccc(C(=O)c3cccnc3N)n2)CCN1.[HH].[HH].[HH]. The van der Waals surface area contributed by atoms with Gasteiger partial charge in [0.1, 0.15) is 17.3 Å². The molecule has 3 heterocycles. The summed E-state index contributed by atoms with van der Waals surface area (Å²) < 4.78 is 0. The zero-order chi connectivity index (χ0) is 17.1. The molecule has 0 bridgehead atoms. The summed E-state index contributed by atoms with van der Waals surface area (Å²) in [5.41, 5.74) is 6.60. The molecule has 0 aliphatic carbocycles. The summed E-state index contributed by atoms with van der Waals surface area (Å²) in [4.78, 5) is 23.4. The van der Waals surface area contributed by atoms with Gasteiger partial charge in [0.25, 0.3) is 0 Å². The summed E-state index contributed by atoms with van der Waals surface area (Å²) in [6.45, 7) is 7.10. The lowest BCUT2D eigenvalue weighted by Gasteiger charge is -2.36. The molecule has 24 heavy (non-hydrogen) atoms. The molecule has 0 aromatic carbocycles. The highest BCUT2D eigenvalue weighted by Crippen LogP contribution is 2.19. The molecule has 3 N–H and O–H groups in total. The van der Waals surface area contributed by atoms with Crippen molar-refractivity contribution < 1.29 is 9.07 Å². The number of aromatic nitrogens is 2. The number of anilines is 2. The number of piperazine rings is 1. The van der Waals surface area contributed by atoms with Gasteiger partial charge in [0.05, 0.1) is 5.56 Å². The van der Waals surface area contributed by atoms with Crippen molar-refractivity contribution in [3.05, 3.63) is 47.8 Å². The molecule has 6 heteroatoms. The predicted molar refractivity (Wildman–Crippen MR) is 102 cm³/mol. The molecule has 0 saturated carbocycles. The number of nitrogens with one attached hydrogen (secondary N) is 1. The Balaban J connectivity index is 0.00000225. The number of carbonyl (C=O) groups is 1. The first-order valence-corrected chi connectivity index (χ1v) is 8.27. The normalized spacial score (nSPS) is 18.0. The monoisotopic (exact) mass is 331 g/mol. The maximum atomic E-state index is 12.7. The van der Waals surface area contributed by atoms with Crippen molar-refractivity contribution in [2.24, 2.45) is 5.92 Å². The van der Waals surface area contributed by atoms with Gasteiger partial charge in [0.2, 0.25) is 5.78 Å². The number of nitrogen functional groups attached to an aromatic ring is 1. The van der Waals surface area contributed by atoms with Crippen LogP contribution in [0.2, 0.25) is 0 Å². The fourth-order valence-electron chi connectivity index (χ4n) is 2.91. The maximum Gasteiger partial charge on any atom is 0.215 e. The maximum absolute atomic E-state index is 12.7. The third-order valence-electron chi connectivity index (χ3n) is 4.38.